The Bertz CT molecular complexity index is 249. The molecular formula is C15H31NO3. The normalized spacial score (nSPS) is 15.2. The Morgan fingerprint density at radius 3 is 2.21 bits per heavy atom. The second-order valence-corrected chi connectivity index (χ2v) is 6.57. The number of amides is 1. The molecule has 2 unspecified atom stereocenters. The van der Waals surface area contributed by atoms with Gasteiger partial charge in [-0.3, -0.25) is 0 Å². The Morgan fingerprint density at radius 1 is 1.21 bits per heavy atom. The van der Waals surface area contributed by atoms with Crippen molar-refractivity contribution in [2.24, 2.45) is 11.8 Å². The third kappa shape index (κ3) is 9.77. The van der Waals surface area contributed by atoms with Crippen molar-refractivity contribution in [3.63, 3.8) is 0 Å². The molecule has 0 aromatic rings. The summed E-state index contributed by atoms with van der Waals surface area (Å²) in [6.45, 7) is 12.3. The molecule has 0 aliphatic rings. The summed E-state index contributed by atoms with van der Waals surface area (Å²) in [5.41, 5.74) is -0.445. The van der Waals surface area contributed by atoms with Gasteiger partial charge in [-0.2, -0.15) is 0 Å². The summed E-state index contributed by atoms with van der Waals surface area (Å²) in [7, 11) is 0. The first-order chi connectivity index (χ1) is 8.63. The Labute approximate surface area is 117 Å². The van der Waals surface area contributed by atoms with Gasteiger partial charge in [0, 0.05) is 6.54 Å². The molecule has 0 fully saturated rings. The highest BCUT2D eigenvalue weighted by molar-refractivity contribution is 5.67. The summed E-state index contributed by atoms with van der Waals surface area (Å²) in [5, 5.41) is 12.4. The fraction of sp³-hybridized carbons (Fsp3) is 0.933. The molecular weight excluding hydrogens is 242 g/mol. The number of aliphatic hydroxyl groups is 1. The van der Waals surface area contributed by atoms with E-state index in [1.807, 2.05) is 27.7 Å². The zero-order chi connectivity index (χ0) is 15.1. The van der Waals surface area contributed by atoms with Crippen LogP contribution in [0.5, 0.6) is 0 Å². The molecule has 1 amide bonds. The van der Waals surface area contributed by atoms with E-state index in [1.165, 1.54) is 0 Å². The van der Waals surface area contributed by atoms with E-state index in [1.54, 1.807) is 0 Å². The highest BCUT2D eigenvalue weighted by Gasteiger charge is 2.18. The third-order valence-electron chi connectivity index (χ3n) is 3.11. The van der Waals surface area contributed by atoms with E-state index in [-0.39, 0.29) is 12.2 Å². The van der Waals surface area contributed by atoms with Gasteiger partial charge in [-0.1, -0.05) is 20.3 Å². The number of hydrogen-bond acceptors (Lipinski definition) is 3. The van der Waals surface area contributed by atoms with Crippen molar-refractivity contribution < 1.29 is 14.6 Å². The summed E-state index contributed by atoms with van der Waals surface area (Å²) < 4.78 is 5.15. The maximum atomic E-state index is 11.4. The van der Waals surface area contributed by atoms with Crippen LogP contribution in [0, 0.1) is 11.8 Å². The molecule has 0 aliphatic heterocycles. The SMILES string of the molecule is CC(C)C(CCCCNC(=O)OC(C)(C)C)C(C)O. The first-order valence-corrected chi connectivity index (χ1v) is 7.28. The molecule has 0 aliphatic carbocycles. The third-order valence-corrected chi connectivity index (χ3v) is 3.11. The highest BCUT2D eigenvalue weighted by atomic mass is 16.6. The Balaban J connectivity index is 3.73. The van der Waals surface area contributed by atoms with Crippen LogP contribution in [0.1, 0.15) is 60.8 Å². The van der Waals surface area contributed by atoms with Gasteiger partial charge in [0.25, 0.3) is 0 Å². The molecule has 0 aromatic carbocycles. The molecule has 114 valence electrons. The van der Waals surface area contributed by atoms with Gasteiger partial charge in [0.1, 0.15) is 5.60 Å². The van der Waals surface area contributed by atoms with Gasteiger partial charge in [-0.25, -0.2) is 4.79 Å². The van der Waals surface area contributed by atoms with Crippen LogP contribution in [0.15, 0.2) is 0 Å². The molecule has 0 bridgehead atoms. The van der Waals surface area contributed by atoms with E-state index >= 15 is 0 Å². The summed E-state index contributed by atoms with van der Waals surface area (Å²) in [5.74, 6) is 0.820. The van der Waals surface area contributed by atoms with Crippen LogP contribution in [-0.4, -0.2) is 29.4 Å². The molecule has 0 radical (unpaired) electrons. The van der Waals surface area contributed by atoms with Crippen LogP contribution in [0.2, 0.25) is 0 Å². The van der Waals surface area contributed by atoms with E-state index < -0.39 is 5.60 Å². The fourth-order valence-corrected chi connectivity index (χ4v) is 2.14. The quantitative estimate of drug-likeness (QED) is 0.699. The van der Waals surface area contributed by atoms with E-state index in [2.05, 4.69) is 19.2 Å². The number of rotatable bonds is 7. The van der Waals surface area contributed by atoms with Gasteiger partial charge in [-0.05, 0) is 52.4 Å². The van der Waals surface area contributed by atoms with E-state index in [4.69, 9.17) is 4.74 Å². The number of carbonyl (C=O) groups excluding carboxylic acids is 1. The summed E-state index contributed by atoms with van der Waals surface area (Å²) in [6, 6.07) is 0. The van der Waals surface area contributed by atoms with Crippen LogP contribution in [0.4, 0.5) is 4.79 Å². The van der Waals surface area contributed by atoms with Crippen molar-refractivity contribution in [1.82, 2.24) is 5.32 Å². The first-order valence-electron chi connectivity index (χ1n) is 7.28. The topological polar surface area (TPSA) is 58.6 Å². The largest absolute Gasteiger partial charge is 0.444 e. The predicted octanol–water partition coefficient (Wildman–Crippen LogP) is 3.33. The van der Waals surface area contributed by atoms with Gasteiger partial charge in [0.2, 0.25) is 0 Å². The Kier molecular flexibility index (Phi) is 8.07. The smallest absolute Gasteiger partial charge is 0.407 e. The molecule has 2 atom stereocenters. The first kappa shape index (κ1) is 18.2. The highest BCUT2D eigenvalue weighted by Crippen LogP contribution is 2.21. The zero-order valence-electron chi connectivity index (χ0n) is 13.3. The molecule has 0 saturated carbocycles. The van der Waals surface area contributed by atoms with E-state index in [0.717, 1.165) is 19.3 Å². The number of ether oxygens (including phenoxy) is 1. The number of aliphatic hydroxyl groups excluding tert-OH is 1. The van der Waals surface area contributed by atoms with Gasteiger partial charge in [0.05, 0.1) is 6.10 Å². The minimum atomic E-state index is -0.445. The van der Waals surface area contributed by atoms with Crippen molar-refractivity contribution in [3.05, 3.63) is 0 Å². The van der Waals surface area contributed by atoms with Crippen molar-refractivity contribution in [2.75, 3.05) is 6.54 Å². The number of carbonyl (C=O) groups is 1. The molecule has 0 rings (SSSR count). The molecule has 0 heterocycles. The summed E-state index contributed by atoms with van der Waals surface area (Å²) in [6.07, 6.45) is 2.28. The fourth-order valence-electron chi connectivity index (χ4n) is 2.14. The molecule has 4 heteroatoms. The standard InChI is InChI=1S/C15H31NO3/c1-11(2)13(12(3)17)9-7-8-10-16-14(18)19-15(4,5)6/h11-13,17H,7-10H2,1-6H3,(H,16,18). The average Bonchev–Trinajstić information content (AvgIpc) is 2.19. The van der Waals surface area contributed by atoms with Gasteiger partial charge in [0.15, 0.2) is 0 Å². The lowest BCUT2D eigenvalue weighted by Crippen LogP contribution is -2.33. The maximum Gasteiger partial charge on any atom is 0.407 e. The van der Waals surface area contributed by atoms with Crippen LogP contribution < -0.4 is 5.32 Å². The van der Waals surface area contributed by atoms with Gasteiger partial charge >= 0.3 is 6.09 Å². The van der Waals surface area contributed by atoms with Crippen molar-refractivity contribution in [1.29, 1.82) is 0 Å². The summed E-state index contributed by atoms with van der Waals surface area (Å²) >= 11 is 0. The maximum absolute atomic E-state index is 11.4. The van der Waals surface area contributed by atoms with Crippen molar-refractivity contribution >= 4 is 6.09 Å². The second-order valence-electron chi connectivity index (χ2n) is 6.57. The number of nitrogens with one attached hydrogen (secondary N) is 1. The molecule has 0 aromatic heterocycles. The van der Waals surface area contributed by atoms with Crippen molar-refractivity contribution in [3.8, 4) is 0 Å². The molecule has 4 nitrogen and oxygen atoms in total. The monoisotopic (exact) mass is 273 g/mol. The molecule has 19 heavy (non-hydrogen) atoms. The minimum absolute atomic E-state index is 0.265. The lowest BCUT2D eigenvalue weighted by molar-refractivity contribution is 0.0524. The molecule has 0 saturated heterocycles. The average molecular weight is 273 g/mol. The predicted molar refractivity (Wildman–Crippen MR) is 78.1 cm³/mol. The lowest BCUT2D eigenvalue weighted by Gasteiger charge is -2.23. The van der Waals surface area contributed by atoms with Gasteiger partial charge < -0.3 is 15.2 Å². The lowest BCUT2D eigenvalue weighted by atomic mass is 9.86. The Hall–Kier alpha value is -0.770. The van der Waals surface area contributed by atoms with Crippen LogP contribution in [0.25, 0.3) is 0 Å². The summed E-state index contributed by atoms with van der Waals surface area (Å²) in [4.78, 5) is 11.4. The van der Waals surface area contributed by atoms with E-state index in [9.17, 15) is 9.90 Å². The Morgan fingerprint density at radius 2 is 1.79 bits per heavy atom. The zero-order valence-corrected chi connectivity index (χ0v) is 13.3. The van der Waals surface area contributed by atoms with Gasteiger partial charge in [-0.15, -0.1) is 0 Å². The van der Waals surface area contributed by atoms with Crippen LogP contribution in [-0.2, 0) is 4.74 Å². The van der Waals surface area contributed by atoms with Crippen molar-refractivity contribution in [2.45, 2.75) is 72.5 Å². The number of unbranched alkanes of at least 4 members (excludes halogenated alkanes) is 1. The number of hydrogen-bond donors (Lipinski definition) is 2. The molecule has 0 spiro atoms. The molecule has 2 N–H and O–H groups in total. The number of alkyl carbamates (subject to hydrolysis) is 1. The second kappa shape index (κ2) is 8.41. The van der Waals surface area contributed by atoms with Crippen LogP contribution >= 0.6 is 0 Å². The minimum Gasteiger partial charge on any atom is -0.444 e. The van der Waals surface area contributed by atoms with E-state index in [0.29, 0.717) is 18.4 Å². The van der Waals surface area contributed by atoms with Crippen LogP contribution in [0.3, 0.4) is 0 Å².